The van der Waals surface area contributed by atoms with E-state index in [1.165, 1.54) is 12.1 Å². The minimum atomic E-state index is -0.316. The maximum atomic E-state index is 13.4. The summed E-state index contributed by atoms with van der Waals surface area (Å²) in [5.41, 5.74) is 3.80. The number of methoxy groups -OCH3 is 1. The molecule has 3 aromatic rings. The molecule has 2 heterocycles. The summed E-state index contributed by atoms with van der Waals surface area (Å²) in [5.74, 6) is 0.645. The van der Waals surface area contributed by atoms with Crippen LogP contribution >= 0.6 is 0 Å². The molecule has 1 unspecified atom stereocenters. The number of aryl methyl sites for hydroxylation is 1. The molecule has 1 aromatic heterocycles. The molecular formula is C26H28FN5O2. The number of benzene rings is 2. The van der Waals surface area contributed by atoms with Crippen LogP contribution < -0.4 is 10.1 Å². The van der Waals surface area contributed by atoms with Gasteiger partial charge >= 0.3 is 0 Å². The second-order valence-corrected chi connectivity index (χ2v) is 8.14. The van der Waals surface area contributed by atoms with Crippen LogP contribution in [0.1, 0.15) is 43.1 Å². The third kappa shape index (κ3) is 4.71. The first-order valence-corrected chi connectivity index (χ1v) is 11.2. The molecule has 176 valence electrons. The van der Waals surface area contributed by atoms with Crippen molar-refractivity contribution < 1.29 is 13.9 Å². The van der Waals surface area contributed by atoms with E-state index in [0.717, 1.165) is 28.9 Å². The van der Waals surface area contributed by atoms with Crippen molar-refractivity contribution in [2.75, 3.05) is 13.7 Å². The highest BCUT2D eigenvalue weighted by Crippen LogP contribution is 2.29. The second kappa shape index (κ2) is 9.91. The summed E-state index contributed by atoms with van der Waals surface area (Å²) in [4.78, 5) is 23.9. The number of imidazole rings is 1. The lowest BCUT2D eigenvalue weighted by atomic mass is 10.1. The van der Waals surface area contributed by atoms with Crippen molar-refractivity contribution in [1.29, 1.82) is 0 Å². The van der Waals surface area contributed by atoms with Gasteiger partial charge in [0, 0.05) is 12.7 Å². The Balaban J connectivity index is 1.66. The summed E-state index contributed by atoms with van der Waals surface area (Å²) in [6.07, 6.45) is 6.29. The van der Waals surface area contributed by atoms with Crippen molar-refractivity contribution in [3.05, 3.63) is 83.3 Å². The highest BCUT2D eigenvalue weighted by molar-refractivity contribution is 6.15. The minimum absolute atomic E-state index is 0.194. The van der Waals surface area contributed by atoms with Crippen molar-refractivity contribution >= 4 is 17.9 Å². The number of hydrogen-bond acceptors (Lipinski definition) is 4. The molecule has 2 aromatic carbocycles. The average molecular weight is 462 g/mol. The molecule has 34 heavy (non-hydrogen) atoms. The van der Waals surface area contributed by atoms with Crippen LogP contribution in [0.2, 0.25) is 0 Å². The van der Waals surface area contributed by atoms with Gasteiger partial charge in [-0.1, -0.05) is 25.1 Å². The Morgan fingerprint density at radius 3 is 2.65 bits per heavy atom. The van der Waals surface area contributed by atoms with Gasteiger partial charge in [0.2, 0.25) is 5.96 Å². The largest absolute Gasteiger partial charge is 0.495 e. The molecule has 1 N–H and O–H groups in total. The van der Waals surface area contributed by atoms with Crippen LogP contribution in [0.25, 0.3) is 11.8 Å². The molecule has 1 aliphatic heterocycles. The van der Waals surface area contributed by atoms with Crippen LogP contribution in [0.4, 0.5) is 4.39 Å². The molecule has 1 amide bonds. The molecule has 0 saturated carbocycles. The van der Waals surface area contributed by atoms with Gasteiger partial charge in [-0.05, 0) is 61.7 Å². The lowest BCUT2D eigenvalue weighted by molar-refractivity contribution is -0.123. The van der Waals surface area contributed by atoms with Gasteiger partial charge in [0.25, 0.3) is 5.91 Å². The molecule has 1 saturated heterocycles. The van der Waals surface area contributed by atoms with Crippen LogP contribution in [-0.4, -0.2) is 40.0 Å². The number of ether oxygens (including phenoxy) is 1. The quantitative estimate of drug-likeness (QED) is 0.521. The SMILES string of the molecule is CCCN=C1NC(=Cc2ccc(-n3cnc(C)c3)c(OC)c2)C(=O)N1C(C)c1ccc(F)cc1. The number of guanidine groups is 1. The third-order valence-electron chi connectivity index (χ3n) is 5.65. The molecule has 8 heteroatoms. The summed E-state index contributed by atoms with van der Waals surface area (Å²) in [5, 5.41) is 3.18. The first kappa shape index (κ1) is 23.2. The second-order valence-electron chi connectivity index (χ2n) is 8.14. The first-order valence-electron chi connectivity index (χ1n) is 11.2. The predicted molar refractivity (Wildman–Crippen MR) is 130 cm³/mol. The van der Waals surface area contributed by atoms with Crippen LogP contribution in [0.15, 0.2) is 65.7 Å². The molecule has 0 bridgehead atoms. The Labute approximate surface area is 198 Å². The van der Waals surface area contributed by atoms with Crippen molar-refractivity contribution in [2.24, 2.45) is 4.99 Å². The monoisotopic (exact) mass is 461 g/mol. The van der Waals surface area contributed by atoms with Crippen LogP contribution in [0.3, 0.4) is 0 Å². The third-order valence-corrected chi connectivity index (χ3v) is 5.65. The van der Waals surface area contributed by atoms with Gasteiger partial charge in [-0.3, -0.25) is 14.7 Å². The van der Waals surface area contributed by atoms with Crippen LogP contribution in [-0.2, 0) is 4.79 Å². The highest BCUT2D eigenvalue weighted by Gasteiger charge is 2.36. The number of nitrogens with zero attached hydrogens (tertiary/aromatic N) is 4. The summed E-state index contributed by atoms with van der Waals surface area (Å²) in [6.45, 7) is 6.45. The van der Waals surface area contributed by atoms with Crippen LogP contribution in [0, 0.1) is 12.7 Å². The van der Waals surface area contributed by atoms with E-state index in [4.69, 9.17) is 4.74 Å². The van der Waals surface area contributed by atoms with Gasteiger partial charge in [0.05, 0.1) is 30.9 Å². The number of aliphatic imine (C=N–C) groups is 1. The van der Waals surface area contributed by atoms with E-state index in [-0.39, 0.29) is 17.8 Å². The normalized spacial score (nSPS) is 16.9. The molecule has 0 spiro atoms. The molecule has 1 fully saturated rings. The number of hydrogen-bond donors (Lipinski definition) is 1. The molecular weight excluding hydrogens is 433 g/mol. The Hall–Kier alpha value is -3.94. The number of rotatable bonds is 7. The fourth-order valence-electron chi connectivity index (χ4n) is 3.86. The Morgan fingerprint density at radius 1 is 1.24 bits per heavy atom. The van der Waals surface area contributed by atoms with Gasteiger partial charge in [-0.2, -0.15) is 0 Å². The van der Waals surface area contributed by atoms with Gasteiger partial charge < -0.3 is 14.6 Å². The van der Waals surface area contributed by atoms with Crippen molar-refractivity contribution in [1.82, 2.24) is 19.8 Å². The fourth-order valence-corrected chi connectivity index (χ4v) is 3.86. The average Bonchev–Trinajstić information content (AvgIpc) is 3.40. The van der Waals surface area contributed by atoms with Gasteiger partial charge in [0.15, 0.2) is 0 Å². The maximum Gasteiger partial charge on any atom is 0.277 e. The van der Waals surface area contributed by atoms with E-state index in [9.17, 15) is 9.18 Å². The van der Waals surface area contributed by atoms with Gasteiger partial charge in [-0.15, -0.1) is 0 Å². The fraction of sp³-hybridized carbons (Fsp3) is 0.269. The predicted octanol–water partition coefficient (Wildman–Crippen LogP) is 4.63. The topological polar surface area (TPSA) is 71.7 Å². The van der Waals surface area contributed by atoms with E-state index in [0.29, 0.717) is 24.0 Å². The standard InChI is InChI=1S/C26H28FN5O2/c1-5-12-28-26-30-22(25(33)32(26)18(3)20-7-9-21(27)10-8-20)13-19-6-11-23(24(14-19)34-4)31-15-17(2)29-16-31/h6-11,13-16,18H,5,12H2,1-4H3,(H,28,30). The number of aromatic nitrogens is 2. The molecule has 0 radical (unpaired) electrons. The van der Waals surface area contributed by atoms with Crippen molar-refractivity contribution in [3.8, 4) is 11.4 Å². The summed E-state index contributed by atoms with van der Waals surface area (Å²) in [6, 6.07) is 11.6. The Morgan fingerprint density at radius 2 is 2.00 bits per heavy atom. The Kier molecular flexibility index (Phi) is 6.77. The molecule has 1 aliphatic rings. The summed E-state index contributed by atoms with van der Waals surface area (Å²) in [7, 11) is 1.61. The van der Waals surface area contributed by atoms with Crippen LogP contribution in [0.5, 0.6) is 5.75 Å². The smallest absolute Gasteiger partial charge is 0.277 e. The lowest BCUT2D eigenvalue weighted by Gasteiger charge is -2.23. The number of carbonyl (C=O) groups excluding carboxylic acids is 1. The van der Waals surface area contributed by atoms with Crippen molar-refractivity contribution in [3.63, 3.8) is 0 Å². The summed E-state index contributed by atoms with van der Waals surface area (Å²) < 4.78 is 20.9. The van der Waals surface area contributed by atoms with E-state index >= 15 is 0 Å². The summed E-state index contributed by atoms with van der Waals surface area (Å²) >= 11 is 0. The minimum Gasteiger partial charge on any atom is -0.495 e. The van der Waals surface area contributed by atoms with Crippen molar-refractivity contribution in [2.45, 2.75) is 33.2 Å². The van der Waals surface area contributed by atoms with E-state index in [1.54, 1.807) is 36.5 Å². The Bertz CT molecular complexity index is 1250. The zero-order chi connectivity index (χ0) is 24.2. The van der Waals surface area contributed by atoms with E-state index in [1.807, 2.05) is 49.7 Å². The first-order chi connectivity index (χ1) is 16.4. The number of amides is 1. The van der Waals surface area contributed by atoms with Gasteiger partial charge in [0.1, 0.15) is 17.3 Å². The maximum absolute atomic E-state index is 13.4. The van der Waals surface area contributed by atoms with E-state index < -0.39 is 0 Å². The highest BCUT2D eigenvalue weighted by atomic mass is 19.1. The zero-order valence-electron chi connectivity index (χ0n) is 19.7. The molecule has 4 rings (SSSR count). The van der Waals surface area contributed by atoms with E-state index in [2.05, 4.69) is 15.3 Å². The number of carbonyl (C=O) groups is 1. The lowest BCUT2D eigenvalue weighted by Crippen LogP contribution is -2.35. The molecule has 0 aliphatic carbocycles. The number of halogens is 1. The molecule has 1 atom stereocenters. The zero-order valence-corrected chi connectivity index (χ0v) is 19.7. The molecule has 7 nitrogen and oxygen atoms in total. The van der Waals surface area contributed by atoms with Gasteiger partial charge in [-0.25, -0.2) is 9.37 Å². The number of nitrogens with one attached hydrogen (secondary N) is 1.